The monoisotopic (exact) mass is 347 g/mol. The number of nitrogens with zero attached hydrogens (tertiary/aromatic N) is 4. The molecule has 0 atom stereocenters. The number of hydrogen-bond acceptors (Lipinski definition) is 6. The van der Waals surface area contributed by atoms with Crippen LogP contribution < -0.4 is 15.0 Å². The molecule has 0 bridgehead atoms. The molecule has 0 saturated carbocycles. The molecule has 0 radical (unpaired) electrons. The molecule has 1 fully saturated rings. The summed E-state index contributed by atoms with van der Waals surface area (Å²) in [4.78, 5) is 13.1. The van der Waals surface area contributed by atoms with Crippen molar-refractivity contribution < 1.29 is 4.74 Å². The van der Waals surface area contributed by atoms with E-state index >= 15 is 0 Å². The van der Waals surface area contributed by atoms with E-state index in [2.05, 4.69) is 37.2 Å². The maximum atomic E-state index is 5.85. The van der Waals surface area contributed by atoms with Crippen LogP contribution >= 0.6 is 11.6 Å². The van der Waals surface area contributed by atoms with E-state index in [0.29, 0.717) is 11.1 Å². The normalized spacial score (nSPS) is 15.3. The number of rotatable bonds is 6. The van der Waals surface area contributed by atoms with E-state index in [0.717, 1.165) is 45.0 Å². The number of halogens is 1. The highest BCUT2D eigenvalue weighted by Crippen LogP contribution is 2.28. The molecule has 7 heteroatoms. The van der Waals surface area contributed by atoms with Crippen LogP contribution in [0.25, 0.3) is 0 Å². The van der Waals surface area contributed by atoms with Gasteiger partial charge in [-0.15, -0.1) is 0 Å². The Morgan fingerprint density at radius 1 is 1.17 bits per heavy atom. The Morgan fingerprint density at radius 3 is 2.71 bits per heavy atom. The molecular weight excluding hydrogens is 326 g/mol. The van der Waals surface area contributed by atoms with Gasteiger partial charge in [0.1, 0.15) is 10.9 Å². The molecule has 6 nitrogen and oxygen atoms in total. The van der Waals surface area contributed by atoms with Crippen molar-refractivity contribution in [2.24, 2.45) is 0 Å². The Labute approximate surface area is 147 Å². The summed E-state index contributed by atoms with van der Waals surface area (Å²) in [6.07, 6.45) is 1.66. The number of para-hydroxylation sites is 2. The second-order valence-corrected chi connectivity index (χ2v) is 6.02. The van der Waals surface area contributed by atoms with Crippen molar-refractivity contribution in [3.05, 3.63) is 41.7 Å². The molecule has 1 aromatic carbocycles. The number of nitrogens with one attached hydrogen (secondary N) is 1. The minimum atomic E-state index is 0.456. The lowest BCUT2D eigenvalue weighted by molar-refractivity contribution is 0.266. The predicted molar refractivity (Wildman–Crippen MR) is 97.2 cm³/mol. The SMILES string of the molecule is COc1ccccc1N1CCN(CCNc2nccc(Cl)n2)CC1. The molecule has 2 aromatic rings. The molecule has 1 aliphatic rings. The Hall–Kier alpha value is -2.05. The third kappa shape index (κ3) is 4.27. The van der Waals surface area contributed by atoms with Gasteiger partial charge in [0.2, 0.25) is 5.95 Å². The summed E-state index contributed by atoms with van der Waals surface area (Å²) in [5.74, 6) is 1.51. The van der Waals surface area contributed by atoms with Gasteiger partial charge < -0.3 is 15.0 Å². The lowest BCUT2D eigenvalue weighted by atomic mass is 10.2. The zero-order chi connectivity index (χ0) is 16.8. The molecule has 1 aromatic heterocycles. The smallest absolute Gasteiger partial charge is 0.224 e. The van der Waals surface area contributed by atoms with E-state index in [1.807, 2.05) is 12.1 Å². The van der Waals surface area contributed by atoms with Crippen LogP contribution in [0.3, 0.4) is 0 Å². The van der Waals surface area contributed by atoms with Gasteiger partial charge in [-0.3, -0.25) is 4.90 Å². The van der Waals surface area contributed by atoms with Crippen molar-refractivity contribution in [3.8, 4) is 5.75 Å². The predicted octanol–water partition coefficient (Wildman–Crippen LogP) is 2.37. The largest absolute Gasteiger partial charge is 0.495 e. The molecule has 2 heterocycles. The first-order valence-electron chi connectivity index (χ1n) is 8.09. The van der Waals surface area contributed by atoms with Crippen molar-refractivity contribution in [2.75, 3.05) is 56.6 Å². The second-order valence-electron chi connectivity index (χ2n) is 5.63. The molecule has 1 N–H and O–H groups in total. The number of benzene rings is 1. The first-order chi connectivity index (χ1) is 11.8. The number of anilines is 2. The van der Waals surface area contributed by atoms with Crippen LogP contribution in [-0.2, 0) is 0 Å². The topological polar surface area (TPSA) is 53.5 Å². The van der Waals surface area contributed by atoms with Crippen LogP contribution in [0.1, 0.15) is 0 Å². The molecule has 3 rings (SSSR count). The van der Waals surface area contributed by atoms with Gasteiger partial charge in [-0.2, -0.15) is 0 Å². The summed E-state index contributed by atoms with van der Waals surface area (Å²) in [6.45, 7) is 5.79. The first kappa shape index (κ1) is 16.8. The zero-order valence-electron chi connectivity index (χ0n) is 13.8. The van der Waals surface area contributed by atoms with Crippen LogP contribution in [0.15, 0.2) is 36.5 Å². The standard InChI is InChI=1S/C17H22ClN5O/c1-24-15-5-3-2-4-14(15)23-12-10-22(11-13-23)9-8-20-17-19-7-6-16(18)21-17/h2-7H,8-13H2,1H3,(H,19,20,21). The quantitative estimate of drug-likeness (QED) is 0.810. The minimum absolute atomic E-state index is 0.456. The highest BCUT2D eigenvalue weighted by atomic mass is 35.5. The maximum absolute atomic E-state index is 5.85. The fourth-order valence-electron chi connectivity index (χ4n) is 2.85. The van der Waals surface area contributed by atoms with Gasteiger partial charge in [0.15, 0.2) is 0 Å². The van der Waals surface area contributed by atoms with Gasteiger partial charge in [0, 0.05) is 45.5 Å². The van der Waals surface area contributed by atoms with E-state index in [1.165, 1.54) is 5.69 Å². The summed E-state index contributed by atoms with van der Waals surface area (Å²) >= 11 is 5.85. The fraction of sp³-hybridized carbons (Fsp3) is 0.412. The van der Waals surface area contributed by atoms with E-state index < -0.39 is 0 Å². The lowest BCUT2D eigenvalue weighted by Gasteiger charge is -2.36. The third-order valence-electron chi connectivity index (χ3n) is 4.13. The van der Waals surface area contributed by atoms with Crippen LogP contribution in [0, 0.1) is 0 Å². The highest BCUT2D eigenvalue weighted by Gasteiger charge is 2.19. The average Bonchev–Trinajstić information content (AvgIpc) is 2.62. The van der Waals surface area contributed by atoms with E-state index in [4.69, 9.17) is 16.3 Å². The van der Waals surface area contributed by atoms with Crippen LogP contribution in [0.4, 0.5) is 11.6 Å². The number of hydrogen-bond donors (Lipinski definition) is 1. The van der Waals surface area contributed by atoms with Crippen LogP contribution in [0.2, 0.25) is 5.15 Å². The molecule has 0 unspecified atom stereocenters. The zero-order valence-corrected chi connectivity index (χ0v) is 14.5. The molecule has 0 aliphatic carbocycles. The van der Waals surface area contributed by atoms with Crippen LogP contribution in [0.5, 0.6) is 5.75 Å². The molecule has 128 valence electrons. The van der Waals surface area contributed by atoms with E-state index in [1.54, 1.807) is 19.4 Å². The fourth-order valence-corrected chi connectivity index (χ4v) is 2.99. The summed E-state index contributed by atoms with van der Waals surface area (Å²) in [6, 6.07) is 9.86. The number of piperazine rings is 1. The summed E-state index contributed by atoms with van der Waals surface area (Å²) < 4.78 is 5.46. The molecule has 24 heavy (non-hydrogen) atoms. The van der Waals surface area contributed by atoms with Gasteiger partial charge in [-0.25, -0.2) is 9.97 Å². The van der Waals surface area contributed by atoms with Crippen molar-refractivity contribution in [1.29, 1.82) is 0 Å². The summed E-state index contributed by atoms with van der Waals surface area (Å²) in [7, 11) is 1.72. The average molecular weight is 348 g/mol. The third-order valence-corrected chi connectivity index (χ3v) is 4.34. The van der Waals surface area contributed by atoms with Crippen LogP contribution in [-0.4, -0.2) is 61.2 Å². The van der Waals surface area contributed by atoms with Gasteiger partial charge in [-0.05, 0) is 18.2 Å². The lowest BCUT2D eigenvalue weighted by Crippen LogP contribution is -2.47. The Morgan fingerprint density at radius 2 is 1.96 bits per heavy atom. The summed E-state index contributed by atoms with van der Waals surface area (Å²) in [5, 5.41) is 3.67. The highest BCUT2D eigenvalue weighted by molar-refractivity contribution is 6.29. The second kappa shape index (κ2) is 8.17. The Bertz CT molecular complexity index is 661. The number of methoxy groups -OCH3 is 1. The Kier molecular flexibility index (Phi) is 5.72. The van der Waals surface area contributed by atoms with E-state index in [9.17, 15) is 0 Å². The minimum Gasteiger partial charge on any atom is -0.495 e. The molecule has 0 amide bonds. The number of ether oxygens (including phenoxy) is 1. The molecule has 1 aliphatic heterocycles. The van der Waals surface area contributed by atoms with E-state index in [-0.39, 0.29) is 0 Å². The molecule has 1 saturated heterocycles. The van der Waals surface area contributed by atoms with Gasteiger partial charge >= 0.3 is 0 Å². The summed E-state index contributed by atoms with van der Waals surface area (Å²) in [5.41, 5.74) is 1.17. The van der Waals surface area contributed by atoms with Crippen molar-refractivity contribution in [3.63, 3.8) is 0 Å². The molecule has 0 spiro atoms. The van der Waals surface area contributed by atoms with Crippen molar-refractivity contribution >= 4 is 23.2 Å². The van der Waals surface area contributed by atoms with Gasteiger partial charge in [0.05, 0.1) is 12.8 Å². The van der Waals surface area contributed by atoms with Gasteiger partial charge in [0.25, 0.3) is 0 Å². The van der Waals surface area contributed by atoms with Gasteiger partial charge in [-0.1, -0.05) is 23.7 Å². The number of aromatic nitrogens is 2. The van der Waals surface area contributed by atoms with Crippen molar-refractivity contribution in [1.82, 2.24) is 14.9 Å². The van der Waals surface area contributed by atoms with Crippen molar-refractivity contribution in [2.45, 2.75) is 0 Å². The first-order valence-corrected chi connectivity index (χ1v) is 8.47. The molecular formula is C17H22ClN5O. The Balaban J connectivity index is 1.45. The maximum Gasteiger partial charge on any atom is 0.224 e.